The fourth-order valence-electron chi connectivity index (χ4n) is 4.70. The quantitative estimate of drug-likeness (QED) is 0.849. The molecule has 0 saturated carbocycles. The van der Waals surface area contributed by atoms with Crippen LogP contribution in [0.25, 0.3) is 0 Å². The molecule has 3 heteroatoms. The van der Waals surface area contributed by atoms with Gasteiger partial charge in [-0.25, -0.2) is 0 Å². The minimum absolute atomic E-state index is 0.250. The minimum Gasteiger partial charge on any atom is -0.504 e. The van der Waals surface area contributed by atoms with Crippen molar-refractivity contribution in [2.75, 3.05) is 13.1 Å². The van der Waals surface area contributed by atoms with Gasteiger partial charge in [-0.1, -0.05) is 32.0 Å². The second-order valence-corrected chi connectivity index (χ2v) is 7.18. The van der Waals surface area contributed by atoms with Gasteiger partial charge in [-0.2, -0.15) is 0 Å². The lowest BCUT2D eigenvalue weighted by atomic mass is 9.72. The number of ether oxygens (including phenoxy) is 1. The standard InChI is InChI=1S/C22H27NO2/c1-3-14-8-9-19-21(16(14)4-2)20(15-10-12-23-13-11-15)17-6-5-7-18(24)22(17)25-19/h5-9,15,20,23-24H,3-4,10-13H2,1-2H3. The molecule has 2 aliphatic heterocycles. The predicted octanol–water partition coefficient (Wildman–Crippen LogP) is 4.75. The zero-order chi connectivity index (χ0) is 17.4. The zero-order valence-corrected chi connectivity index (χ0v) is 15.1. The van der Waals surface area contributed by atoms with E-state index >= 15 is 0 Å². The molecule has 25 heavy (non-hydrogen) atoms. The van der Waals surface area contributed by atoms with Crippen molar-refractivity contribution in [2.24, 2.45) is 5.92 Å². The number of nitrogens with one attached hydrogen (secondary N) is 1. The number of phenols is 1. The second-order valence-electron chi connectivity index (χ2n) is 7.18. The molecule has 2 aliphatic rings. The van der Waals surface area contributed by atoms with E-state index in [0.29, 0.717) is 17.6 Å². The molecule has 2 aromatic rings. The maximum absolute atomic E-state index is 10.4. The summed E-state index contributed by atoms with van der Waals surface area (Å²) in [6.07, 6.45) is 4.39. The van der Waals surface area contributed by atoms with E-state index in [9.17, 15) is 5.11 Å². The maximum Gasteiger partial charge on any atom is 0.172 e. The van der Waals surface area contributed by atoms with E-state index in [2.05, 4.69) is 37.4 Å². The molecule has 1 fully saturated rings. The Labute approximate surface area is 150 Å². The molecule has 0 spiro atoms. The van der Waals surface area contributed by atoms with Gasteiger partial charge in [0, 0.05) is 17.0 Å². The Bertz CT molecular complexity index is 778. The van der Waals surface area contributed by atoms with Gasteiger partial charge >= 0.3 is 0 Å². The zero-order valence-electron chi connectivity index (χ0n) is 15.1. The van der Waals surface area contributed by atoms with Gasteiger partial charge < -0.3 is 15.2 Å². The van der Waals surface area contributed by atoms with E-state index in [1.54, 1.807) is 6.07 Å². The number of para-hydroxylation sites is 1. The van der Waals surface area contributed by atoms with Crippen molar-refractivity contribution in [1.82, 2.24) is 5.32 Å². The molecule has 1 saturated heterocycles. The van der Waals surface area contributed by atoms with E-state index < -0.39 is 0 Å². The van der Waals surface area contributed by atoms with Crippen LogP contribution in [0.2, 0.25) is 0 Å². The van der Waals surface area contributed by atoms with E-state index in [1.807, 2.05) is 6.07 Å². The van der Waals surface area contributed by atoms with Crippen LogP contribution in [-0.4, -0.2) is 18.2 Å². The van der Waals surface area contributed by atoms with E-state index in [0.717, 1.165) is 37.2 Å². The first-order chi connectivity index (χ1) is 12.2. The van der Waals surface area contributed by atoms with Crippen molar-refractivity contribution in [3.05, 3.63) is 52.6 Å². The van der Waals surface area contributed by atoms with Gasteiger partial charge in [-0.15, -0.1) is 0 Å². The molecular weight excluding hydrogens is 310 g/mol. The number of rotatable bonds is 3. The van der Waals surface area contributed by atoms with Crippen LogP contribution in [0.3, 0.4) is 0 Å². The first-order valence-electron chi connectivity index (χ1n) is 9.59. The summed E-state index contributed by atoms with van der Waals surface area (Å²) in [5, 5.41) is 13.9. The van der Waals surface area contributed by atoms with Crippen molar-refractivity contribution < 1.29 is 9.84 Å². The molecule has 3 nitrogen and oxygen atoms in total. The van der Waals surface area contributed by atoms with Crippen molar-refractivity contribution in [2.45, 2.75) is 45.4 Å². The predicted molar refractivity (Wildman–Crippen MR) is 101 cm³/mol. The highest BCUT2D eigenvalue weighted by Crippen LogP contribution is 2.53. The van der Waals surface area contributed by atoms with Gasteiger partial charge in [0.2, 0.25) is 0 Å². The SMILES string of the molecule is CCc1ccc2c(c1CC)C(C1CCNCC1)c1cccc(O)c1O2. The number of aryl methyl sites for hydroxylation is 1. The summed E-state index contributed by atoms with van der Waals surface area (Å²) in [4.78, 5) is 0. The first-order valence-corrected chi connectivity index (χ1v) is 9.59. The Morgan fingerprint density at radius 2 is 1.88 bits per heavy atom. The number of aromatic hydroxyl groups is 1. The third-order valence-electron chi connectivity index (χ3n) is 5.89. The highest BCUT2D eigenvalue weighted by Gasteiger charge is 2.37. The first kappa shape index (κ1) is 16.5. The van der Waals surface area contributed by atoms with Crippen molar-refractivity contribution in [3.8, 4) is 17.2 Å². The number of phenolic OH excluding ortho intramolecular Hbond substituents is 1. The third kappa shape index (κ3) is 2.71. The number of fused-ring (bicyclic) bond motifs is 2. The second kappa shape index (κ2) is 6.72. The van der Waals surface area contributed by atoms with E-state index in [1.165, 1.54) is 29.5 Å². The molecular formula is C22H27NO2. The van der Waals surface area contributed by atoms with Crippen LogP contribution in [-0.2, 0) is 12.8 Å². The number of hydrogen-bond donors (Lipinski definition) is 2. The molecule has 2 N–H and O–H groups in total. The van der Waals surface area contributed by atoms with Gasteiger partial charge in [0.25, 0.3) is 0 Å². The fourth-order valence-corrected chi connectivity index (χ4v) is 4.70. The van der Waals surface area contributed by atoms with E-state index in [-0.39, 0.29) is 5.75 Å². The molecule has 4 rings (SSSR count). The van der Waals surface area contributed by atoms with E-state index in [4.69, 9.17) is 4.74 Å². The lowest BCUT2D eigenvalue weighted by molar-refractivity contribution is 0.314. The minimum atomic E-state index is 0.250. The topological polar surface area (TPSA) is 41.5 Å². The van der Waals surface area contributed by atoms with Crippen LogP contribution in [0.5, 0.6) is 17.2 Å². The van der Waals surface area contributed by atoms with Crippen LogP contribution < -0.4 is 10.1 Å². The molecule has 0 radical (unpaired) electrons. The third-order valence-corrected chi connectivity index (χ3v) is 5.89. The van der Waals surface area contributed by atoms with Crippen molar-refractivity contribution in [3.63, 3.8) is 0 Å². The van der Waals surface area contributed by atoms with Gasteiger partial charge in [0.05, 0.1) is 0 Å². The van der Waals surface area contributed by atoms with Crippen LogP contribution >= 0.6 is 0 Å². The lowest BCUT2D eigenvalue weighted by Crippen LogP contribution is -2.32. The summed E-state index contributed by atoms with van der Waals surface area (Å²) in [6.45, 7) is 6.61. The van der Waals surface area contributed by atoms with Gasteiger partial charge in [0.15, 0.2) is 11.5 Å². The summed E-state index contributed by atoms with van der Waals surface area (Å²) in [5.74, 6) is 2.74. The summed E-state index contributed by atoms with van der Waals surface area (Å²) in [6, 6.07) is 10.1. The summed E-state index contributed by atoms with van der Waals surface area (Å²) in [7, 11) is 0. The smallest absolute Gasteiger partial charge is 0.172 e. The highest BCUT2D eigenvalue weighted by atomic mass is 16.5. The number of benzene rings is 2. The molecule has 0 aromatic heterocycles. The Balaban J connectivity index is 1.93. The molecule has 1 unspecified atom stereocenters. The van der Waals surface area contributed by atoms with Gasteiger partial charge in [-0.3, -0.25) is 0 Å². The average molecular weight is 337 g/mol. The van der Waals surface area contributed by atoms with Crippen molar-refractivity contribution in [1.29, 1.82) is 0 Å². The Kier molecular flexibility index (Phi) is 4.43. The summed E-state index contributed by atoms with van der Waals surface area (Å²) >= 11 is 0. The van der Waals surface area contributed by atoms with Gasteiger partial charge in [-0.05, 0) is 68.0 Å². The molecule has 2 aromatic carbocycles. The van der Waals surface area contributed by atoms with Crippen LogP contribution in [0.1, 0.15) is 54.9 Å². The van der Waals surface area contributed by atoms with Crippen LogP contribution in [0, 0.1) is 5.92 Å². The van der Waals surface area contributed by atoms with Crippen molar-refractivity contribution >= 4 is 0 Å². The number of piperidine rings is 1. The summed E-state index contributed by atoms with van der Waals surface area (Å²) in [5.41, 5.74) is 5.39. The Morgan fingerprint density at radius 3 is 2.60 bits per heavy atom. The highest BCUT2D eigenvalue weighted by molar-refractivity contribution is 5.61. The molecule has 1 atom stereocenters. The summed E-state index contributed by atoms with van der Waals surface area (Å²) < 4.78 is 6.21. The normalized spacial score (nSPS) is 19.8. The monoisotopic (exact) mass is 337 g/mol. The number of hydrogen-bond acceptors (Lipinski definition) is 3. The maximum atomic E-state index is 10.4. The lowest BCUT2D eigenvalue weighted by Gasteiger charge is -2.38. The molecule has 0 bridgehead atoms. The molecule has 0 amide bonds. The fraction of sp³-hybridized carbons (Fsp3) is 0.455. The molecule has 132 valence electrons. The Morgan fingerprint density at radius 1 is 1.08 bits per heavy atom. The van der Waals surface area contributed by atoms with Crippen LogP contribution in [0.15, 0.2) is 30.3 Å². The molecule has 0 aliphatic carbocycles. The Hall–Kier alpha value is -2.00. The van der Waals surface area contributed by atoms with Crippen LogP contribution in [0.4, 0.5) is 0 Å². The molecule has 2 heterocycles. The largest absolute Gasteiger partial charge is 0.504 e. The average Bonchev–Trinajstić information content (AvgIpc) is 2.66. The van der Waals surface area contributed by atoms with Gasteiger partial charge in [0.1, 0.15) is 5.75 Å².